The molecule has 4 heteroatoms. The van der Waals surface area contributed by atoms with Crippen LogP contribution < -0.4 is 4.74 Å². The molecule has 0 saturated carbocycles. The maximum atomic E-state index is 12.9. The topological polar surface area (TPSA) is 49.8 Å². The number of hydrogen-bond acceptors (Lipinski definition) is 3. The molecule has 0 radical (unpaired) electrons. The van der Waals surface area contributed by atoms with Crippen LogP contribution in [0.3, 0.4) is 0 Å². The first-order chi connectivity index (χ1) is 12.9. The Hall–Kier alpha value is -2.33. The summed E-state index contributed by atoms with van der Waals surface area (Å²) in [5.41, 5.74) is 1.90. The Morgan fingerprint density at radius 2 is 1.63 bits per heavy atom. The Morgan fingerprint density at radius 1 is 1.04 bits per heavy atom. The van der Waals surface area contributed by atoms with E-state index in [9.17, 15) is 9.90 Å². The molecule has 0 aliphatic heterocycles. The van der Waals surface area contributed by atoms with Crippen LogP contribution in [-0.2, 0) is 4.79 Å². The van der Waals surface area contributed by atoms with Crippen molar-refractivity contribution in [2.24, 2.45) is 0 Å². The summed E-state index contributed by atoms with van der Waals surface area (Å²) in [6.07, 6.45) is -0.381. The molecule has 0 heterocycles. The second kappa shape index (κ2) is 9.56. The molecule has 0 spiro atoms. The van der Waals surface area contributed by atoms with Gasteiger partial charge in [-0.2, -0.15) is 0 Å². The molecule has 2 rings (SSSR count). The molecule has 27 heavy (non-hydrogen) atoms. The largest absolute Gasteiger partial charge is 0.481 e. The van der Waals surface area contributed by atoms with Gasteiger partial charge < -0.3 is 14.7 Å². The number of aliphatic hydroxyl groups is 1. The standard InChI is InChI=1S/C23H31NO3/c1-6-16(2)20-14-10-11-15-21(20)27-18(4)23(26)24(5)17(3)22(25)19-12-8-7-9-13-19/h7-18,22,25H,6H2,1-5H3. The van der Waals surface area contributed by atoms with E-state index in [1.807, 2.05) is 61.5 Å². The normalized spacial score (nSPS) is 15.5. The predicted octanol–water partition coefficient (Wildman–Crippen LogP) is 4.55. The number of rotatable bonds is 8. The maximum absolute atomic E-state index is 12.9. The number of carbonyl (C=O) groups excluding carboxylic acids is 1. The molecular formula is C23H31NO3. The van der Waals surface area contributed by atoms with Gasteiger partial charge in [-0.25, -0.2) is 0 Å². The van der Waals surface area contributed by atoms with E-state index in [-0.39, 0.29) is 11.9 Å². The lowest BCUT2D eigenvalue weighted by Gasteiger charge is -2.31. The van der Waals surface area contributed by atoms with E-state index >= 15 is 0 Å². The number of carbonyl (C=O) groups is 1. The number of nitrogens with zero attached hydrogens (tertiary/aromatic N) is 1. The lowest BCUT2D eigenvalue weighted by molar-refractivity contribution is -0.140. The van der Waals surface area contributed by atoms with E-state index in [2.05, 4.69) is 13.8 Å². The van der Waals surface area contributed by atoms with E-state index in [1.54, 1.807) is 18.9 Å². The molecule has 4 unspecified atom stereocenters. The van der Waals surface area contributed by atoms with Crippen molar-refractivity contribution in [3.63, 3.8) is 0 Å². The summed E-state index contributed by atoms with van der Waals surface area (Å²) >= 11 is 0. The average Bonchev–Trinajstić information content (AvgIpc) is 2.71. The van der Waals surface area contributed by atoms with Crippen LogP contribution in [0.15, 0.2) is 54.6 Å². The molecule has 0 aliphatic carbocycles. The van der Waals surface area contributed by atoms with Crippen molar-refractivity contribution in [1.82, 2.24) is 4.90 Å². The van der Waals surface area contributed by atoms with Gasteiger partial charge in [0, 0.05) is 7.05 Å². The van der Waals surface area contributed by atoms with Gasteiger partial charge in [0.25, 0.3) is 5.91 Å². The zero-order valence-corrected chi connectivity index (χ0v) is 16.9. The molecule has 0 bridgehead atoms. The van der Waals surface area contributed by atoms with Gasteiger partial charge in [-0.05, 0) is 43.4 Å². The van der Waals surface area contributed by atoms with E-state index in [4.69, 9.17) is 4.74 Å². The second-order valence-electron chi connectivity index (χ2n) is 7.15. The van der Waals surface area contributed by atoms with E-state index in [0.29, 0.717) is 5.92 Å². The fraction of sp³-hybridized carbons (Fsp3) is 0.435. The van der Waals surface area contributed by atoms with Gasteiger partial charge in [0.1, 0.15) is 5.75 Å². The number of hydrogen-bond donors (Lipinski definition) is 1. The summed E-state index contributed by atoms with van der Waals surface area (Å²) in [6.45, 7) is 7.89. The monoisotopic (exact) mass is 369 g/mol. The summed E-state index contributed by atoms with van der Waals surface area (Å²) in [5, 5.41) is 10.6. The van der Waals surface area contributed by atoms with Crippen molar-refractivity contribution in [2.75, 3.05) is 7.05 Å². The molecule has 2 aromatic carbocycles. The second-order valence-corrected chi connectivity index (χ2v) is 7.15. The predicted molar refractivity (Wildman–Crippen MR) is 109 cm³/mol. The smallest absolute Gasteiger partial charge is 0.263 e. The highest BCUT2D eigenvalue weighted by Crippen LogP contribution is 2.29. The summed E-state index contributed by atoms with van der Waals surface area (Å²) in [7, 11) is 1.71. The number of aliphatic hydroxyl groups excluding tert-OH is 1. The van der Waals surface area contributed by atoms with Crippen molar-refractivity contribution in [3.8, 4) is 5.75 Å². The molecule has 146 valence electrons. The van der Waals surface area contributed by atoms with Gasteiger partial charge in [-0.15, -0.1) is 0 Å². The zero-order chi connectivity index (χ0) is 20.0. The van der Waals surface area contributed by atoms with Gasteiger partial charge >= 0.3 is 0 Å². The molecular weight excluding hydrogens is 338 g/mol. The van der Waals surface area contributed by atoms with Crippen LogP contribution in [0.2, 0.25) is 0 Å². The van der Waals surface area contributed by atoms with E-state index in [1.165, 1.54) is 0 Å². The third kappa shape index (κ3) is 5.10. The SMILES string of the molecule is CCC(C)c1ccccc1OC(C)C(=O)N(C)C(C)C(O)c1ccccc1. The van der Waals surface area contributed by atoms with Crippen LogP contribution in [0.1, 0.15) is 57.3 Å². The molecule has 0 aliphatic rings. The number of likely N-dealkylation sites (N-methyl/N-ethyl adjacent to an activating group) is 1. The van der Waals surface area contributed by atoms with Gasteiger partial charge in [-0.3, -0.25) is 4.79 Å². The molecule has 1 amide bonds. The number of para-hydroxylation sites is 1. The summed E-state index contributed by atoms with van der Waals surface area (Å²) < 4.78 is 6.01. The Kier molecular flexibility index (Phi) is 7.43. The van der Waals surface area contributed by atoms with Crippen LogP contribution in [0, 0.1) is 0 Å². The van der Waals surface area contributed by atoms with Crippen LogP contribution in [0.5, 0.6) is 5.75 Å². The Morgan fingerprint density at radius 3 is 2.26 bits per heavy atom. The minimum absolute atomic E-state index is 0.156. The van der Waals surface area contributed by atoms with Crippen molar-refractivity contribution in [3.05, 3.63) is 65.7 Å². The Balaban J connectivity index is 2.08. The van der Waals surface area contributed by atoms with Crippen molar-refractivity contribution in [2.45, 2.75) is 58.3 Å². The zero-order valence-electron chi connectivity index (χ0n) is 16.9. The maximum Gasteiger partial charge on any atom is 0.263 e. The summed E-state index contributed by atoms with van der Waals surface area (Å²) in [5.74, 6) is 0.953. The third-order valence-corrected chi connectivity index (χ3v) is 5.27. The molecule has 4 atom stereocenters. The first kappa shape index (κ1) is 21.0. The Bertz CT molecular complexity index is 731. The van der Waals surface area contributed by atoms with Crippen LogP contribution in [0.25, 0.3) is 0 Å². The van der Waals surface area contributed by atoms with E-state index < -0.39 is 12.2 Å². The number of amides is 1. The van der Waals surface area contributed by atoms with E-state index in [0.717, 1.165) is 23.3 Å². The van der Waals surface area contributed by atoms with Gasteiger partial charge in [0.05, 0.1) is 12.1 Å². The summed E-state index contributed by atoms with van der Waals surface area (Å²) in [4.78, 5) is 14.4. The minimum Gasteiger partial charge on any atom is -0.481 e. The first-order valence-corrected chi connectivity index (χ1v) is 9.62. The molecule has 0 aromatic heterocycles. The molecule has 2 aromatic rings. The molecule has 4 nitrogen and oxygen atoms in total. The number of benzene rings is 2. The quantitative estimate of drug-likeness (QED) is 0.743. The van der Waals surface area contributed by atoms with Gasteiger partial charge in [0.15, 0.2) is 6.10 Å². The highest BCUT2D eigenvalue weighted by Gasteiger charge is 2.28. The van der Waals surface area contributed by atoms with Gasteiger partial charge in [-0.1, -0.05) is 62.4 Å². The Labute approximate surface area is 162 Å². The summed E-state index contributed by atoms with van der Waals surface area (Å²) in [6, 6.07) is 16.9. The fourth-order valence-corrected chi connectivity index (χ4v) is 3.08. The number of ether oxygens (including phenoxy) is 1. The third-order valence-electron chi connectivity index (χ3n) is 5.27. The van der Waals surface area contributed by atoms with Crippen molar-refractivity contribution in [1.29, 1.82) is 0 Å². The minimum atomic E-state index is -0.750. The highest BCUT2D eigenvalue weighted by atomic mass is 16.5. The molecule has 1 N–H and O–H groups in total. The van der Waals surface area contributed by atoms with Crippen LogP contribution >= 0.6 is 0 Å². The van der Waals surface area contributed by atoms with Crippen molar-refractivity contribution < 1.29 is 14.6 Å². The first-order valence-electron chi connectivity index (χ1n) is 9.62. The van der Waals surface area contributed by atoms with Crippen molar-refractivity contribution >= 4 is 5.91 Å². The fourth-order valence-electron chi connectivity index (χ4n) is 3.08. The molecule has 0 saturated heterocycles. The highest BCUT2D eigenvalue weighted by molar-refractivity contribution is 5.81. The lowest BCUT2D eigenvalue weighted by Crippen LogP contribution is -2.45. The van der Waals surface area contributed by atoms with Crippen LogP contribution in [0.4, 0.5) is 0 Å². The lowest BCUT2D eigenvalue weighted by atomic mass is 9.98. The van der Waals surface area contributed by atoms with Gasteiger partial charge in [0.2, 0.25) is 0 Å². The van der Waals surface area contributed by atoms with Crippen LogP contribution in [-0.4, -0.2) is 35.1 Å². The molecule has 0 fully saturated rings. The average molecular weight is 370 g/mol.